The van der Waals surface area contributed by atoms with Crippen LogP contribution in [0.1, 0.15) is 24.2 Å². The van der Waals surface area contributed by atoms with Crippen molar-refractivity contribution in [1.29, 1.82) is 0 Å². The lowest BCUT2D eigenvalue weighted by atomic mass is 10.1. The van der Waals surface area contributed by atoms with Gasteiger partial charge in [-0.2, -0.15) is 0 Å². The highest BCUT2D eigenvalue weighted by molar-refractivity contribution is 9.10. The van der Waals surface area contributed by atoms with Crippen LogP contribution in [0.3, 0.4) is 0 Å². The Bertz CT molecular complexity index is 1200. The number of carbonyl (C=O) groups excluding carboxylic acids is 1. The molecule has 1 aliphatic heterocycles. The molecule has 7 nitrogen and oxygen atoms in total. The Labute approximate surface area is 199 Å². The molecule has 3 aromatic rings. The lowest BCUT2D eigenvalue weighted by molar-refractivity contribution is 0.0788. The zero-order valence-corrected chi connectivity index (χ0v) is 20.1. The molecular formula is C23H23BrClN3O4. The summed E-state index contributed by atoms with van der Waals surface area (Å²) in [4.78, 5) is 31.3. The normalized spacial score (nSPS) is 14.6. The molecule has 2 heterocycles. The Balaban J connectivity index is 1.60. The maximum absolute atomic E-state index is 13.3. The van der Waals surface area contributed by atoms with Crippen LogP contribution >= 0.6 is 27.5 Å². The van der Waals surface area contributed by atoms with Crippen molar-refractivity contribution in [2.24, 2.45) is 0 Å². The molecule has 0 atom stereocenters. The summed E-state index contributed by atoms with van der Waals surface area (Å²) >= 11 is 9.52. The van der Waals surface area contributed by atoms with Crippen molar-refractivity contribution in [3.05, 3.63) is 67.6 Å². The van der Waals surface area contributed by atoms with Gasteiger partial charge in [-0.15, -0.1) is 0 Å². The van der Waals surface area contributed by atoms with E-state index in [2.05, 4.69) is 20.9 Å². The van der Waals surface area contributed by atoms with Crippen molar-refractivity contribution in [3.8, 4) is 5.75 Å². The molecule has 0 bridgehead atoms. The first-order chi connectivity index (χ1) is 15.4. The minimum absolute atomic E-state index is 0.0562. The third-order valence-corrected chi connectivity index (χ3v) is 6.49. The molecule has 1 aliphatic rings. The molecule has 1 aromatic heterocycles. The largest absolute Gasteiger partial charge is 0.489 e. The van der Waals surface area contributed by atoms with Gasteiger partial charge in [0.1, 0.15) is 17.7 Å². The van der Waals surface area contributed by atoms with Gasteiger partial charge in [0.2, 0.25) is 0 Å². The Hall–Kier alpha value is -2.58. The van der Waals surface area contributed by atoms with Crippen LogP contribution in [-0.2, 0) is 11.3 Å². The van der Waals surface area contributed by atoms with Gasteiger partial charge in [-0.05, 0) is 52.7 Å². The highest BCUT2D eigenvalue weighted by atomic mass is 79.9. The van der Waals surface area contributed by atoms with Crippen LogP contribution in [0.4, 0.5) is 4.79 Å². The second-order valence-electron chi connectivity index (χ2n) is 7.75. The fourth-order valence-corrected chi connectivity index (χ4v) is 4.40. The number of hydrogen-bond acceptors (Lipinski definition) is 5. The molecule has 0 aliphatic carbocycles. The quantitative estimate of drug-likeness (QED) is 0.495. The number of benzene rings is 2. The predicted molar refractivity (Wildman–Crippen MR) is 127 cm³/mol. The van der Waals surface area contributed by atoms with E-state index in [0.717, 1.165) is 10.0 Å². The third kappa shape index (κ3) is 4.76. The summed E-state index contributed by atoms with van der Waals surface area (Å²) in [5, 5.41) is 1.15. The zero-order valence-electron chi connectivity index (χ0n) is 17.8. The summed E-state index contributed by atoms with van der Waals surface area (Å²) in [7, 11) is 1.38. The second kappa shape index (κ2) is 9.50. The topological polar surface area (TPSA) is 73.7 Å². The van der Waals surface area contributed by atoms with E-state index in [1.807, 2.05) is 25.1 Å². The van der Waals surface area contributed by atoms with Crippen LogP contribution in [0.2, 0.25) is 5.02 Å². The first kappa shape index (κ1) is 22.6. The van der Waals surface area contributed by atoms with E-state index in [1.165, 1.54) is 7.11 Å². The van der Waals surface area contributed by atoms with Crippen molar-refractivity contribution in [2.45, 2.75) is 32.4 Å². The van der Waals surface area contributed by atoms with E-state index < -0.39 is 0 Å². The Kier molecular flexibility index (Phi) is 6.71. The molecule has 2 aromatic carbocycles. The van der Waals surface area contributed by atoms with Crippen molar-refractivity contribution in [3.63, 3.8) is 0 Å². The monoisotopic (exact) mass is 519 g/mol. The highest BCUT2D eigenvalue weighted by Crippen LogP contribution is 2.31. The lowest BCUT2D eigenvalue weighted by Gasteiger charge is -2.31. The van der Waals surface area contributed by atoms with Crippen molar-refractivity contribution < 1.29 is 14.3 Å². The van der Waals surface area contributed by atoms with Crippen molar-refractivity contribution in [2.75, 3.05) is 20.2 Å². The van der Waals surface area contributed by atoms with Gasteiger partial charge in [0, 0.05) is 31.0 Å². The Morgan fingerprint density at radius 1 is 1.22 bits per heavy atom. The molecule has 4 rings (SSSR count). The number of aryl methyl sites for hydroxylation is 1. The molecule has 0 radical (unpaired) electrons. The van der Waals surface area contributed by atoms with Crippen molar-refractivity contribution in [1.82, 2.24) is 14.5 Å². The maximum Gasteiger partial charge on any atom is 0.409 e. The van der Waals surface area contributed by atoms with Crippen LogP contribution in [0.5, 0.6) is 5.75 Å². The molecular weight excluding hydrogens is 498 g/mol. The van der Waals surface area contributed by atoms with Crippen LogP contribution < -0.4 is 10.3 Å². The van der Waals surface area contributed by atoms with Crippen LogP contribution in [0, 0.1) is 6.92 Å². The van der Waals surface area contributed by atoms with E-state index in [9.17, 15) is 9.59 Å². The standard InChI is InChI=1S/C23H23BrClN3O4/c1-14-26-20-12-19(24)21(32-17-7-9-27(10-8-17)23(30)31-2)11-18(20)22(29)28(14)13-15-3-5-16(25)6-4-15/h3-6,11-12,17H,7-10,13H2,1-2H3. The first-order valence-electron chi connectivity index (χ1n) is 10.3. The number of aromatic nitrogens is 2. The Morgan fingerprint density at radius 3 is 2.56 bits per heavy atom. The van der Waals surface area contributed by atoms with E-state index in [-0.39, 0.29) is 17.8 Å². The summed E-state index contributed by atoms with van der Waals surface area (Å²) < 4.78 is 13.4. The number of methoxy groups -OCH3 is 1. The van der Waals surface area contributed by atoms with Gasteiger partial charge < -0.3 is 14.4 Å². The fourth-order valence-electron chi connectivity index (χ4n) is 3.85. The molecule has 9 heteroatoms. The van der Waals surface area contributed by atoms with Crippen molar-refractivity contribution >= 4 is 44.5 Å². The number of nitrogens with zero attached hydrogens (tertiary/aromatic N) is 3. The van der Waals surface area contributed by atoms with E-state index in [1.54, 1.807) is 27.7 Å². The molecule has 0 spiro atoms. The number of piperidine rings is 1. The number of rotatable bonds is 4. The van der Waals surface area contributed by atoms with Gasteiger partial charge in [-0.3, -0.25) is 9.36 Å². The van der Waals surface area contributed by atoms with Gasteiger partial charge in [-0.1, -0.05) is 23.7 Å². The van der Waals surface area contributed by atoms with Gasteiger partial charge in [0.05, 0.1) is 29.0 Å². The third-order valence-electron chi connectivity index (χ3n) is 5.62. The van der Waals surface area contributed by atoms with Gasteiger partial charge in [0.25, 0.3) is 5.56 Å². The number of amides is 1. The molecule has 32 heavy (non-hydrogen) atoms. The first-order valence-corrected chi connectivity index (χ1v) is 11.5. The SMILES string of the molecule is COC(=O)N1CCC(Oc2cc3c(=O)n(Cc4ccc(Cl)cc4)c(C)nc3cc2Br)CC1. The molecule has 168 valence electrons. The average Bonchev–Trinajstić information content (AvgIpc) is 2.79. The molecule has 0 unspecified atom stereocenters. The number of likely N-dealkylation sites (tertiary alicyclic amines) is 1. The molecule has 0 N–H and O–H groups in total. The molecule has 0 saturated carbocycles. The minimum atomic E-state index is -0.321. The van der Waals surface area contributed by atoms with Crippen LogP contribution in [0.15, 0.2) is 45.7 Å². The molecule has 1 fully saturated rings. The summed E-state index contributed by atoms with van der Waals surface area (Å²) in [6.45, 7) is 3.36. The summed E-state index contributed by atoms with van der Waals surface area (Å²) in [6, 6.07) is 11.0. The highest BCUT2D eigenvalue weighted by Gasteiger charge is 2.25. The average molecular weight is 521 g/mol. The summed E-state index contributed by atoms with van der Waals surface area (Å²) in [5.74, 6) is 1.23. The Morgan fingerprint density at radius 2 is 1.91 bits per heavy atom. The van der Waals surface area contributed by atoms with E-state index >= 15 is 0 Å². The molecule has 1 saturated heterocycles. The fraction of sp³-hybridized carbons (Fsp3) is 0.348. The number of ether oxygens (including phenoxy) is 2. The van der Waals surface area contributed by atoms with Gasteiger partial charge in [-0.25, -0.2) is 9.78 Å². The molecule has 1 amide bonds. The number of carbonyl (C=O) groups is 1. The van der Waals surface area contributed by atoms with E-state index in [4.69, 9.17) is 21.1 Å². The lowest BCUT2D eigenvalue weighted by Crippen LogP contribution is -2.41. The second-order valence-corrected chi connectivity index (χ2v) is 9.04. The van der Waals surface area contributed by atoms with E-state index in [0.29, 0.717) is 60.0 Å². The number of halogens is 2. The number of hydrogen-bond donors (Lipinski definition) is 0. The maximum atomic E-state index is 13.3. The van der Waals surface area contributed by atoms with Crippen LogP contribution in [0.25, 0.3) is 10.9 Å². The summed E-state index contributed by atoms with van der Waals surface area (Å²) in [6.07, 6.45) is 0.997. The number of fused-ring (bicyclic) bond motifs is 1. The summed E-state index contributed by atoms with van der Waals surface area (Å²) in [5.41, 5.74) is 1.45. The van der Waals surface area contributed by atoms with Gasteiger partial charge >= 0.3 is 6.09 Å². The van der Waals surface area contributed by atoms with Crippen LogP contribution in [-0.4, -0.2) is 46.8 Å². The predicted octanol–water partition coefficient (Wildman–Crippen LogP) is 4.78. The van der Waals surface area contributed by atoms with Gasteiger partial charge in [0.15, 0.2) is 0 Å². The zero-order chi connectivity index (χ0) is 22.8. The minimum Gasteiger partial charge on any atom is -0.489 e. The smallest absolute Gasteiger partial charge is 0.409 e.